The molecule has 3 rings (SSSR count). The van der Waals surface area contributed by atoms with Crippen molar-refractivity contribution in [1.82, 2.24) is 4.90 Å². The van der Waals surface area contributed by atoms with E-state index in [0.29, 0.717) is 13.1 Å². The van der Waals surface area contributed by atoms with Gasteiger partial charge in [0.25, 0.3) is 0 Å². The summed E-state index contributed by atoms with van der Waals surface area (Å²) < 4.78 is 0. The molecule has 1 N–H and O–H groups in total. The summed E-state index contributed by atoms with van der Waals surface area (Å²) in [6.07, 6.45) is 0.236. The molecule has 0 aromatic heterocycles. The van der Waals surface area contributed by atoms with Gasteiger partial charge in [0.15, 0.2) is 0 Å². The lowest BCUT2D eigenvalue weighted by Gasteiger charge is -2.50. The Morgan fingerprint density at radius 3 is 1.91 bits per heavy atom. The number of carbonyl (C=O) groups is 1. The molecular formula is C19H21NO2. The summed E-state index contributed by atoms with van der Waals surface area (Å²) in [5, 5.41) is 10.4. The Morgan fingerprint density at radius 1 is 1.05 bits per heavy atom. The summed E-state index contributed by atoms with van der Waals surface area (Å²) in [5.41, 5.74) is 1.55. The van der Waals surface area contributed by atoms with Gasteiger partial charge in [0.05, 0.1) is 11.6 Å². The quantitative estimate of drug-likeness (QED) is 0.922. The largest absolute Gasteiger partial charge is 0.387 e. The molecule has 2 aromatic carbocycles. The number of benzene rings is 2. The first-order valence-corrected chi connectivity index (χ1v) is 7.63. The summed E-state index contributed by atoms with van der Waals surface area (Å²) in [6, 6.07) is 20.7. The normalized spacial score (nSPS) is 17.2. The number of nitrogens with zero attached hydrogens (tertiary/aromatic N) is 1. The maximum atomic E-state index is 11.3. The number of β-amino-alcohol motifs (C(OH)–C–C–N with tert-alkyl or cyclic N) is 1. The molecule has 0 amide bonds. The molecule has 3 heteroatoms. The van der Waals surface area contributed by atoms with E-state index in [4.69, 9.17) is 0 Å². The first-order chi connectivity index (χ1) is 10.6. The number of rotatable bonds is 5. The second kappa shape index (κ2) is 6.03. The van der Waals surface area contributed by atoms with Gasteiger partial charge in [-0.3, -0.25) is 9.69 Å². The highest BCUT2D eigenvalue weighted by atomic mass is 16.3. The predicted octanol–water partition coefficient (Wildman–Crippen LogP) is 2.80. The lowest BCUT2D eigenvalue weighted by atomic mass is 9.84. The van der Waals surface area contributed by atoms with E-state index in [-0.39, 0.29) is 18.2 Å². The highest BCUT2D eigenvalue weighted by molar-refractivity contribution is 5.76. The zero-order valence-electron chi connectivity index (χ0n) is 12.8. The molecule has 1 aliphatic rings. The van der Waals surface area contributed by atoms with Crippen molar-refractivity contribution in [3.05, 3.63) is 71.8 Å². The van der Waals surface area contributed by atoms with E-state index in [1.165, 1.54) is 18.1 Å². The van der Waals surface area contributed by atoms with Crippen LogP contribution in [0.1, 0.15) is 30.5 Å². The third-order valence-electron chi connectivity index (χ3n) is 4.17. The molecule has 2 aromatic rings. The first kappa shape index (κ1) is 14.9. The number of likely N-dealkylation sites (tertiary alicyclic amines) is 1. The van der Waals surface area contributed by atoms with Gasteiger partial charge in [-0.25, -0.2) is 0 Å². The van der Waals surface area contributed by atoms with Gasteiger partial charge in [-0.1, -0.05) is 60.7 Å². The molecule has 114 valence electrons. The van der Waals surface area contributed by atoms with Crippen molar-refractivity contribution in [3.8, 4) is 0 Å². The van der Waals surface area contributed by atoms with Gasteiger partial charge in [-0.15, -0.1) is 0 Å². The topological polar surface area (TPSA) is 40.5 Å². The smallest absolute Gasteiger partial charge is 0.132 e. The Bertz CT molecular complexity index is 593. The number of aliphatic hydroxyl groups is 1. The number of hydrogen-bond donors (Lipinski definition) is 1. The maximum Gasteiger partial charge on any atom is 0.132 e. The van der Waals surface area contributed by atoms with Crippen LogP contribution in [-0.2, 0) is 4.79 Å². The minimum Gasteiger partial charge on any atom is -0.387 e. The summed E-state index contributed by atoms with van der Waals surface area (Å²) in [7, 11) is 0. The van der Waals surface area contributed by atoms with Crippen LogP contribution in [0.3, 0.4) is 0 Å². The lowest BCUT2D eigenvalue weighted by Crippen LogP contribution is -2.63. The third-order valence-corrected chi connectivity index (χ3v) is 4.17. The molecule has 0 bridgehead atoms. The molecule has 0 aliphatic carbocycles. The van der Waals surface area contributed by atoms with Crippen LogP contribution in [-0.4, -0.2) is 34.5 Å². The van der Waals surface area contributed by atoms with Crippen molar-refractivity contribution in [3.63, 3.8) is 0 Å². The van der Waals surface area contributed by atoms with E-state index < -0.39 is 5.60 Å². The van der Waals surface area contributed by atoms with Crippen LogP contribution in [0, 0.1) is 0 Å². The Kier molecular flexibility index (Phi) is 4.10. The SMILES string of the molecule is CC(=O)CC1(O)CN(C(c2ccccc2)c2ccccc2)C1. The fraction of sp³-hybridized carbons (Fsp3) is 0.316. The van der Waals surface area contributed by atoms with E-state index >= 15 is 0 Å². The molecule has 3 nitrogen and oxygen atoms in total. The van der Waals surface area contributed by atoms with Gasteiger partial charge in [0, 0.05) is 19.5 Å². The summed E-state index contributed by atoms with van der Waals surface area (Å²) in [5.74, 6) is 0.0399. The Balaban J connectivity index is 1.84. The Labute approximate surface area is 131 Å². The van der Waals surface area contributed by atoms with Crippen LogP contribution < -0.4 is 0 Å². The van der Waals surface area contributed by atoms with Crippen LogP contribution in [0.4, 0.5) is 0 Å². The standard InChI is InChI=1S/C19H21NO2/c1-15(21)12-19(22)13-20(14-19)18(16-8-4-2-5-9-16)17-10-6-3-7-11-17/h2-11,18,22H,12-14H2,1H3. The predicted molar refractivity (Wildman–Crippen MR) is 86.5 cm³/mol. The highest BCUT2D eigenvalue weighted by Gasteiger charge is 2.45. The van der Waals surface area contributed by atoms with Gasteiger partial charge in [-0.05, 0) is 18.1 Å². The zero-order chi connectivity index (χ0) is 15.6. The van der Waals surface area contributed by atoms with Crippen LogP contribution in [0.15, 0.2) is 60.7 Å². The monoisotopic (exact) mass is 295 g/mol. The van der Waals surface area contributed by atoms with E-state index in [9.17, 15) is 9.90 Å². The average Bonchev–Trinajstić information content (AvgIpc) is 2.47. The molecule has 1 saturated heterocycles. The summed E-state index contributed by atoms with van der Waals surface area (Å²) in [6.45, 7) is 2.59. The Morgan fingerprint density at radius 2 is 1.50 bits per heavy atom. The minimum absolute atomic E-state index is 0.0399. The fourth-order valence-electron chi connectivity index (χ4n) is 3.35. The second-order valence-electron chi connectivity index (χ2n) is 6.23. The van der Waals surface area contributed by atoms with Gasteiger partial charge in [-0.2, -0.15) is 0 Å². The molecule has 0 spiro atoms. The van der Waals surface area contributed by atoms with Crippen LogP contribution >= 0.6 is 0 Å². The van der Waals surface area contributed by atoms with Gasteiger partial charge in [0.1, 0.15) is 5.78 Å². The number of carbonyl (C=O) groups excluding carboxylic acids is 1. The Hall–Kier alpha value is -1.97. The number of hydrogen-bond acceptors (Lipinski definition) is 3. The van der Waals surface area contributed by atoms with Crippen molar-refractivity contribution in [1.29, 1.82) is 0 Å². The van der Waals surface area contributed by atoms with Crippen molar-refractivity contribution < 1.29 is 9.90 Å². The van der Waals surface area contributed by atoms with Crippen molar-refractivity contribution in [2.75, 3.05) is 13.1 Å². The van der Waals surface area contributed by atoms with E-state index in [1.54, 1.807) is 0 Å². The van der Waals surface area contributed by atoms with Crippen LogP contribution in [0.5, 0.6) is 0 Å². The average molecular weight is 295 g/mol. The van der Waals surface area contributed by atoms with Crippen LogP contribution in [0.25, 0.3) is 0 Å². The first-order valence-electron chi connectivity index (χ1n) is 7.63. The van der Waals surface area contributed by atoms with E-state index in [0.717, 1.165) is 0 Å². The minimum atomic E-state index is -0.867. The maximum absolute atomic E-state index is 11.3. The number of ketones is 1. The molecule has 22 heavy (non-hydrogen) atoms. The lowest BCUT2D eigenvalue weighted by molar-refractivity contribution is -0.139. The fourth-order valence-corrected chi connectivity index (χ4v) is 3.35. The van der Waals surface area contributed by atoms with E-state index in [2.05, 4.69) is 29.2 Å². The molecule has 0 saturated carbocycles. The van der Waals surface area contributed by atoms with Crippen molar-refractivity contribution in [2.45, 2.75) is 25.0 Å². The molecule has 1 heterocycles. The molecule has 1 aliphatic heterocycles. The summed E-state index contributed by atoms with van der Waals surface area (Å²) in [4.78, 5) is 13.5. The molecular weight excluding hydrogens is 274 g/mol. The van der Waals surface area contributed by atoms with Crippen molar-refractivity contribution in [2.24, 2.45) is 0 Å². The third kappa shape index (κ3) is 3.11. The number of Topliss-reactive ketones (excluding diaryl/α,β-unsaturated/α-hetero) is 1. The highest BCUT2D eigenvalue weighted by Crippen LogP contribution is 2.37. The van der Waals surface area contributed by atoms with Crippen molar-refractivity contribution >= 4 is 5.78 Å². The second-order valence-corrected chi connectivity index (χ2v) is 6.23. The van der Waals surface area contributed by atoms with E-state index in [1.807, 2.05) is 36.4 Å². The molecule has 0 atom stereocenters. The molecule has 1 fully saturated rings. The molecule has 0 radical (unpaired) electrons. The van der Waals surface area contributed by atoms with Crippen LogP contribution in [0.2, 0.25) is 0 Å². The van der Waals surface area contributed by atoms with Gasteiger partial charge < -0.3 is 5.11 Å². The molecule has 0 unspecified atom stereocenters. The van der Waals surface area contributed by atoms with Gasteiger partial charge >= 0.3 is 0 Å². The zero-order valence-corrected chi connectivity index (χ0v) is 12.8. The van der Waals surface area contributed by atoms with Gasteiger partial charge in [0.2, 0.25) is 0 Å². The summed E-state index contributed by atoms with van der Waals surface area (Å²) >= 11 is 0.